The first-order valence-electron chi connectivity index (χ1n) is 10.3. The van der Waals surface area contributed by atoms with Gasteiger partial charge < -0.3 is 15.5 Å². The van der Waals surface area contributed by atoms with E-state index in [1.807, 2.05) is 31.3 Å². The van der Waals surface area contributed by atoms with E-state index >= 15 is 0 Å². The minimum absolute atomic E-state index is 0.669. The number of allylic oxidation sites excluding steroid dienone is 5. The van der Waals surface area contributed by atoms with Gasteiger partial charge in [0, 0.05) is 38.9 Å². The van der Waals surface area contributed by atoms with Crippen molar-refractivity contribution in [2.24, 2.45) is 4.99 Å². The molecule has 2 aliphatic rings. The van der Waals surface area contributed by atoms with Gasteiger partial charge in [-0.3, -0.25) is 4.99 Å². The highest BCUT2D eigenvalue weighted by Gasteiger charge is 2.15. The fraction of sp³-hybridized carbons (Fsp3) is 0.333. The molecule has 0 aromatic heterocycles. The van der Waals surface area contributed by atoms with Gasteiger partial charge in [0.15, 0.2) is 0 Å². The maximum Gasteiger partial charge on any atom is 0.0992 e. The van der Waals surface area contributed by atoms with Crippen LogP contribution in [0.4, 0.5) is 11.4 Å². The van der Waals surface area contributed by atoms with Crippen LogP contribution in [0.1, 0.15) is 25.8 Å². The Morgan fingerprint density at radius 2 is 2.10 bits per heavy atom. The Kier molecular flexibility index (Phi) is 7.43. The highest BCUT2D eigenvalue weighted by molar-refractivity contribution is 6.12. The van der Waals surface area contributed by atoms with Crippen molar-refractivity contribution < 1.29 is 0 Å². The molecule has 1 aliphatic heterocycles. The van der Waals surface area contributed by atoms with Crippen LogP contribution in [-0.4, -0.2) is 38.4 Å². The van der Waals surface area contributed by atoms with Crippen molar-refractivity contribution >= 4 is 17.1 Å². The van der Waals surface area contributed by atoms with Crippen molar-refractivity contribution in [2.45, 2.75) is 20.3 Å². The van der Waals surface area contributed by atoms with Gasteiger partial charge in [-0.25, -0.2) is 0 Å². The molecule has 1 heterocycles. The molecule has 0 unspecified atom stereocenters. The summed E-state index contributed by atoms with van der Waals surface area (Å²) in [6.07, 6.45) is 13.3. The van der Waals surface area contributed by atoms with E-state index in [0.717, 1.165) is 60.8 Å². The Balaban J connectivity index is 1.80. The number of hydrogen-bond donors (Lipinski definition) is 2. The van der Waals surface area contributed by atoms with Crippen molar-refractivity contribution in [3.05, 3.63) is 71.5 Å². The van der Waals surface area contributed by atoms with E-state index in [4.69, 9.17) is 0 Å². The Bertz CT molecular complexity index is 906. The summed E-state index contributed by atoms with van der Waals surface area (Å²) in [5.41, 5.74) is 6.13. The number of nitriles is 1. The molecular weight excluding hydrogens is 358 g/mol. The second kappa shape index (κ2) is 10.4. The van der Waals surface area contributed by atoms with Gasteiger partial charge in [0.25, 0.3) is 0 Å². The topological polar surface area (TPSA) is 63.5 Å². The molecule has 0 atom stereocenters. The van der Waals surface area contributed by atoms with Crippen molar-refractivity contribution in [3.63, 3.8) is 0 Å². The molecule has 2 N–H and O–H groups in total. The quantitative estimate of drug-likeness (QED) is 0.768. The van der Waals surface area contributed by atoms with Crippen LogP contribution in [-0.2, 0) is 0 Å². The lowest BCUT2D eigenvalue weighted by Crippen LogP contribution is -2.43. The number of rotatable bonds is 6. The Hall–Kier alpha value is -3.10. The SMILES string of the molecule is C\C=C/N=C1\C=C(CNc2cc(C#N)ccc2N2CCNCC2)C=C\C1=C/CC. The molecule has 1 aliphatic carbocycles. The summed E-state index contributed by atoms with van der Waals surface area (Å²) in [6, 6.07) is 8.15. The first kappa shape index (κ1) is 20.6. The maximum absolute atomic E-state index is 9.32. The van der Waals surface area contributed by atoms with Crippen LogP contribution >= 0.6 is 0 Å². The summed E-state index contributed by atoms with van der Waals surface area (Å²) >= 11 is 0. The number of nitrogens with one attached hydrogen (secondary N) is 2. The number of hydrogen-bond acceptors (Lipinski definition) is 5. The first-order chi connectivity index (χ1) is 14.2. The number of piperazine rings is 1. The molecule has 5 nitrogen and oxygen atoms in total. The van der Waals surface area contributed by atoms with Gasteiger partial charge in [0.05, 0.1) is 28.7 Å². The van der Waals surface area contributed by atoms with Gasteiger partial charge >= 0.3 is 0 Å². The highest BCUT2D eigenvalue weighted by atomic mass is 15.2. The third-order valence-electron chi connectivity index (χ3n) is 4.95. The predicted molar refractivity (Wildman–Crippen MR) is 123 cm³/mol. The third kappa shape index (κ3) is 5.46. The van der Waals surface area contributed by atoms with Crippen LogP contribution in [0.15, 0.2) is 70.9 Å². The number of nitrogens with zero attached hydrogens (tertiary/aromatic N) is 3. The monoisotopic (exact) mass is 387 g/mol. The fourth-order valence-corrected chi connectivity index (χ4v) is 3.48. The molecule has 0 saturated carbocycles. The van der Waals surface area contributed by atoms with Crippen molar-refractivity contribution in [1.29, 1.82) is 5.26 Å². The predicted octanol–water partition coefficient (Wildman–Crippen LogP) is 4.19. The minimum Gasteiger partial charge on any atom is -0.379 e. The van der Waals surface area contributed by atoms with Crippen LogP contribution in [0.5, 0.6) is 0 Å². The van der Waals surface area contributed by atoms with Crippen LogP contribution in [0.3, 0.4) is 0 Å². The lowest BCUT2D eigenvalue weighted by molar-refractivity contribution is 0.589. The lowest BCUT2D eigenvalue weighted by Gasteiger charge is -2.31. The second-order valence-corrected chi connectivity index (χ2v) is 7.05. The maximum atomic E-state index is 9.32. The Morgan fingerprint density at radius 3 is 2.83 bits per heavy atom. The van der Waals surface area contributed by atoms with Crippen LogP contribution in [0, 0.1) is 11.3 Å². The number of anilines is 2. The second-order valence-electron chi connectivity index (χ2n) is 7.05. The smallest absolute Gasteiger partial charge is 0.0992 e. The fourth-order valence-electron chi connectivity index (χ4n) is 3.48. The van der Waals surface area contributed by atoms with Crippen LogP contribution < -0.4 is 15.5 Å². The normalized spacial score (nSPS) is 19.6. The molecule has 0 spiro atoms. The molecule has 1 saturated heterocycles. The minimum atomic E-state index is 0.669. The van der Waals surface area contributed by atoms with Gasteiger partial charge in [-0.2, -0.15) is 5.26 Å². The van der Waals surface area contributed by atoms with Crippen LogP contribution in [0.25, 0.3) is 0 Å². The molecule has 1 aromatic rings. The van der Waals surface area contributed by atoms with Gasteiger partial charge in [-0.15, -0.1) is 0 Å². The van der Waals surface area contributed by atoms with Crippen molar-refractivity contribution in [2.75, 3.05) is 42.9 Å². The highest BCUT2D eigenvalue weighted by Crippen LogP contribution is 2.28. The average molecular weight is 388 g/mol. The molecule has 1 aromatic carbocycles. The van der Waals surface area contributed by atoms with Crippen molar-refractivity contribution in [1.82, 2.24) is 5.32 Å². The van der Waals surface area contributed by atoms with E-state index in [0.29, 0.717) is 12.1 Å². The molecule has 5 heteroatoms. The van der Waals surface area contributed by atoms with E-state index in [1.54, 1.807) is 0 Å². The van der Waals surface area contributed by atoms with E-state index in [1.165, 1.54) is 0 Å². The largest absolute Gasteiger partial charge is 0.379 e. The summed E-state index contributed by atoms with van der Waals surface area (Å²) in [7, 11) is 0. The van der Waals surface area contributed by atoms with Gasteiger partial charge in [0.1, 0.15) is 0 Å². The number of aliphatic imine (C=N–C) groups is 1. The molecule has 0 amide bonds. The van der Waals surface area contributed by atoms with Crippen LogP contribution in [0.2, 0.25) is 0 Å². The molecule has 150 valence electrons. The van der Waals surface area contributed by atoms with E-state index in [2.05, 4.69) is 63.9 Å². The molecule has 3 rings (SSSR count). The van der Waals surface area contributed by atoms with Gasteiger partial charge in [-0.05, 0) is 48.8 Å². The Labute approximate surface area is 173 Å². The molecular formula is C24H29N5. The van der Waals surface area contributed by atoms with Gasteiger partial charge in [0.2, 0.25) is 0 Å². The Morgan fingerprint density at radius 1 is 1.28 bits per heavy atom. The molecule has 0 bridgehead atoms. The van der Waals surface area contributed by atoms with E-state index in [9.17, 15) is 5.26 Å². The molecule has 29 heavy (non-hydrogen) atoms. The van der Waals surface area contributed by atoms with E-state index in [-0.39, 0.29) is 0 Å². The van der Waals surface area contributed by atoms with Gasteiger partial charge in [-0.1, -0.05) is 31.2 Å². The summed E-state index contributed by atoms with van der Waals surface area (Å²) in [5, 5.41) is 16.3. The average Bonchev–Trinajstić information content (AvgIpc) is 2.78. The summed E-state index contributed by atoms with van der Waals surface area (Å²) in [6.45, 7) is 8.67. The summed E-state index contributed by atoms with van der Waals surface area (Å²) in [5.74, 6) is 0. The standard InChI is InChI=1S/C24H29N5/c1-3-5-21-8-6-20(16-22(21)27-10-4-2)18-28-23-15-19(17-25)7-9-24(23)29-13-11-26-12-14-29/h4-10,15-16,26,28H,3,11-14,18H2,1-2H3/b10-4-,21-5+,27-22+. The zero-order valence-corrected chi connectivity index (χ0v) is 17.3. The summed E-state index contributed by atoms with van der Waals surface area (Å²) in [4.78, 5) is 6.95. The first-order valence-corrected chi connectivity index (χ1v) is 10.3. The molecule has 1 fully saturated rings. The molecule has 0 radical (unpaired) electrons. The third-order valence-corrected chi connectivity index (χ3v) is 4.95. The lowest BCUT2D eigenvalue weighted by atomic mass is 9.99. The number of benzene rings is 1. The van der Waals surface area contributed by atoms with Crippen molar-refractivity contribution in [3.8, 4) is 6.07 Å². The zero-order chi connectivity index (χ0) is 20.5. The zero-order valence-electron chi connectivity index (χ0n) is 17.3. The summed E-state index contributed by atoms with van der Waals surface area (Å²) < 4.78 is 0. The van der Waals surface area contributed by atoms with E-state index < -0.39 is 0 Å².